The third-order valence-corrected chi connectivity index (χ3v) is 4.70. The van der Waals surface area contributed by atoms with Crippen molar-refractivity contribution in [2.24, 2.45) is 0 Å². The molecule has 118 valence electrons. The van der Waals surface area contributed by atoms with Crippen molar-refractivity contribution in [3.05, 3.63) is 64.1 Å². The molecule has 0 saturated carbocycles. The van der Waals surface area contributed by atoms with E-state index in [4.69, 9.17) is 11.6 Å². The molecule has 0 aliphatic heterocycles. The quantitative estimate of drug-likeness (QED) is 0.740. The topological polar surface area (TPSA) is 62.2 Å². The molecule has 1 atom stereocenters. The van der Waals surface area contributed by atoms with Gasteiger partial charge in [0, 0.05) is 5.02 Å². The third kappa shape index (κ3) is 4.07. The Hall–Kier alpha value is -1.95. The second-order valence-corrected chi connectivity index (χ2v) is 6.68. The van der Waals surface area contributed by atoms with Crippen LogP contribution in [0.3, 0.4) is 0 Å². The van der Waals surface area contributed by atoms with Crippen LogP contribution in [0, 0.1) is 0 Å². The molecule has 0 aliphatic rings. The van der Waals surface area contributed by atoms with Crippen molar-refractivity contribution in [3.63, 3.8) is 0 Å². The van der Waals surface area contributed by atoms with E-state index in [9.17, 15) is 9.90 Å². The van der Waals surface area contributed by atoms with Crippen molar-refractivity contribution in [3.8, 4) is 0 Å². The number of rotatable bonds is 5. The number of halogens is 1. The standard InChI is InChI=1S/C17H15ClN2O2S/c18-12-7-5-11(6-8-12)14(21)9-16(22)19-10-17-20-13-3-1-2-4-15(13)23-17/h1-8,14,21H,9-10H2,(H,19,22). The number of nitrogens with zero attached hydrogens (tertiary/aromatic N) is 1. The van der Waals surface area contributed by atoms with Crippen molar-refractivity contribution in [2.75, 3.05) is 0 Å². The Morgan fingerprint density at radius 2 is 1.96 bits per heavy atom. The van der Waals surface area contributed by atoms with E-state index in [2.05, 4.69) is 10.3 Å². The molecule has 0 aliphatic carbocycles. The maximum absolute atomic E-state index is 12.0. The Morgan fingerprint density at radius 1 is 1.22 bits per heavy atom. The number of thiazole rings is 1. The minimum absolute atomic E-state index is 0.00648. The van der Waals surface area contributed by atoms with Gasteiger partial charge in [-0.05, 0) is 29.8 Å². The fourth-order valence-corrected chi connectivity index (χ4v) is 3.25. The largest absolute Gasteiger partial charge is 0.388 e. The zero-order chi connectivity index (χ0) is 16.2. The van der Waals surface area contributed by atoms with Crippen LogP contribution in [0.15, 0.2) is 48.5 Å². The summed E-state index contributed by atoms with van der Waals surface area (Å²) in [6, 6.07) is 14.7. The van der Waals surface area contributed by atoms with Gasteiger partial charge < -0.3 is 10.4 Å². The maximum Gasteiger partial charge on any atom is 0.223 e. The first-order valence-electron chi connectivity index (χ1n) is 7.16. The number of carbonyl (C=O) groups excluding carboxylic acids is 1. The lowest BCUT2D eigenvalue weighted by Crippen LogP contribution is -2.24. The summed E-state index contributed by atoms with van der Waals surface area (Å²) in [5.74, 6) is -0.216. The fraction of sp³-hybridized carbons (Fsp3) is 0.176. The average Bonchev–Trinajstić information content (AvgIpc) is 2.96. The molecule has 0 saturated heterocycles. The monoisotopic (exact) mass is 346 g/mol. The summed E-state index contributed by atoms with van der Waals surface area (Å²) in [5, 5.41) is 14.3. The smallest absolute Gasteiger partial charge is 0.223 e. The number of hydrogen-bond donors (Lipinski definition) is 2. The molecule has 1 heterocycles. The Labute approximate surface area is 142 Å². The lowest BCUT2D eigenvalue weighted by atomic mass is 10.1. The zero-order valence-electron chi connectivity index (χ0n) is 12.2. The number of nitrogens with one attached hydrogen (secondary N) is 1. The molecular formula is C17H15ClN2O2S. The van der Waals surface area contributed by atoms with Gasteiger partial charge in [-0.15, -0.1) is 11.3 Å². The van der Waals surface area contributed by atoms with Gasteiger partial charge in [0.1, 0.15) is 5.01 Å². The van der Waals surface area contributed by atoms with Crippen LogP contribution in [0.25, 0.3) is 10.2 Å². The number of benzene rings is 2. The molecule has 4 nitrogen and oxygen atoms in total. The van der Waals surface area contributed by atoms with Crippen LogP contribution in [0.4, 0.5) is 0 Å². The highest BCUT2D eigenvalue weighted by Gasteiger charge is 2.13. The third-order valence-electron chi connectivity index (χ3n) is 3.41. The van der Waals surface area contributed by atoms with Gasteiger partial charge in [-0.1, -0.05) is 35.9 Å². The van der Waals surface area contributed by atoms with Gasteiger partial charge in [-0.3, -0.25) is 4.79 Å². The molecule has 0 spiro atoms. The van der Waals surface area contributed by atoms with Crippen LogP contribution in [-0.4, -0.2) is 16.0 Å². The highest BCUT2D eigenvalue weighted by molar-refractivity contribution is 7.18. The van der Waals surface area contributed by atoms with Gasteiger partial charge in [0.25, 0.3) is 0 Å². The lowest BCUT2D eigenvalue weighted by molar-refractivity contribution is -0.123. The van der Waals surface area contributed by atoms with Gasteiger partial charge in [-0.2, -0.15) is 0 Å². The van der Waals surface area contributed by atoms with E-state index in [1.54, 1.807) is 35.6 Å². The van der Waals surface area contributed by atoms with Crippen molar-refractivity contribution in [1.82, 2.24) is 10.3 Å². The first-order chi connectivity index (χ1) is 11.1. The zero-order valence-corrected chi connectivity index (χ0v) is 13.8. The van der Waals surface area contributed by atoms with Gasteiger partial charge in [0.05, 0.1) is 29.3 Å². The summed E-state index contributed by atoms with van der Waals surface area (Å²) >= 11 is 7.36. The summed E-state index contributed by atoms with van der Waals surface area (Å²) in [6.45, 7) is 0.367. The predicted molar refractivity (Wildman–Crippen MR) is 92.5 cm³/mol. The Bertz CT molecular complexity index is 784. The van der Waals surface area contributed by atoms with E-state index in [-0.39, 0.29) is 12.3 Å². The average molecular weight is 347 g/mol. The molecule has 6 heteroatoms. The molecule has 0 radical (unpaired) electrons. The van der Waals surface area contributed by atoms with Gasteiger partial charge in [0.15, 0.2) is 0 Å². The van der Waals surface area contributed by atoms with Crippen LogP contribution in [-0.2, 0) is 11.3 Å². The number of para-hydroxylation sites is 1. The minimum atomic E-state index is -0.845. The van der Waals surface area contributed by atoms with Gasteiger partial charge >= 0.3 is 0 Å². The van der Waals surface area contributed by atoms with Gasteiger partial charge in [0.2, 0.25) is 5.91 Å². The molecule has 0 fully saturated rings. The van der Waals surface area contributed by atoms with E-state index in [1.807, 2.05) is 24.3 Å². The van der Waals surface area contributed by atoms with Crippen molar-refractivity contribution in [1.29, 1.82) is 0 Å². The highest BCUT2D eigenvalue weighted by atomic mass is 35.5. The summed E-state index contributed by atoms with van der Waals surface area (Å²) in [6.07, 6.45) is -0.838. The summed E-state index contributed by atoms with van der Waals surface area (Å²) in [4.78, 5) is 16.4. The summed E-state index contributed by atoms with van der Waals surface area (Å²) in [5.41, 5.74) is 1.60. The number of hydrogen-bond acceptors (Lipinski definition) is 4. The van der Waals surface area contributed by atoms with Crippen molar-refractivity contribution < 1.29 is 9.90 Å². The Morgan fingerprint density at radius 3 is 2.70 bits per heavy atom. The first-order valence-corrected chi connectivity index (χ1v) is 8.36. The number of carbonyl (C=O) groups is 1. The Kier molecular flexibility index (Phi) is 4.91. The Balaban J connectivity index is 1.55. The van der Waals surface area contributed by atoms with Crippen LogP contribution in [0.1, 0.15) is 23.1 Å². The number of amides is 1. The van der Waals surface area contributed by atoms with Crippen LogP contribution in [0.5, 0.6) is 0 Å². The molecule has 1 aromatic heterocycles. The highest BCUT2D eigenvalue weighted by Crippen LogP contribution is 2.22. The molecule has 2 N–H and O–H groups in total. The molecule has 3 aromatic rings. The number of aliphatic hydroxyl groups is 1. The molecule has 3 rings (SSSR count). The lowest BCUT2D eigenvalue weighted by Gasteiger charge is -2.10. The van der Waals surface area contributed by atoms with Crippen LogP contribution >= 0.6 is 22.9 Å². The van der Waals surface area contributed by atoms with Gasteiger partial charge in [-0.25, -0.2) is 4.98 Å². The van der Waals surface area contributed by atoms with Crippen LogP contribution < -0.4 is 5.32 Å². The van der Waals surface area contributed by atoms with E-state index in [0.717, 1.165) is 15.2 Å². The maximum atomic E-state index is 12.0. The molecule has 2 aromatic carbocycles. The van der Waals surface area contributed by atoms with Crippen molar-refractivity contribution in [2.45, 2.75) is 19.1 Å². The molecule has 0 bridgehead atoms. The van der Waals surface area contributed by atoms with E-state index >= 15 is 0 Å². The second-order valence-electron chi connectivity index (χ2n) is 5.12. The normalized spacial score (nSPS) is 12.3. The van der Waals surface area contributed by atoms with Crippen LogP contribution in [0.2, 0.25) is 5.02 Å². The SMILES string of the molecule is O=C(CC(O)c1ccc(Cl)cc1)NCc1nc2ccccc2s1. The molecule has 1 unspecified atom stereocenters. The molecule has 23 heavy (non-hydrogen) atoms. The fourth-order valence-electron chi connectivity index (χ4n) is 2.22. The number of fused-ring (bicyclic) bond motifs is 1. The first kappa shape index (κ1) is 15.9. The van der Waals surface area contributed by atoms with E-state index < -0.39 is 6.10 Å². The van der Waals surface area contributed by atoms with Crippen molar-refractivity contribution >= 4 is 39.1 Å². The predicted octanol–water partition coefficient (Wildman–Crippen LogP) is 3.69. The molecule has 1 amide bonds. The second kappa shape index (κ2) is 7.08. The number of aliphatic hydroxyl groups excluding tert-OH is 1. The number of aromatic nitrogens is 1. The summed E-state index contributed by atoms with van der Waals surface area (Å²) < 4.78 is 1.10. The molecular weight excluding hydrogens is 332 g/mol. The minimum Gasteiger partial charge on any atom is -0.388 e. The van der Waals surface area contributed by atoms with E-state index in [0.29, 0.717) is 17.1 Å². The van der Waals surface area contributed by atoms with E-state index in [1.165, 1.54) is 0 Å². The summed E-state index contributed by atoms with van der Waals surface area (Å²) in [7, 11) is 0.